The van der Waals surface area contributed by atoms with E-state index in [9.17, 15) is 0 Å². The largest absolute Gasteiger partial charge is 0.228 e. The molecule has 0 bridgehead atoms. The molecule has 2 heterocycles. The Bertz CT molecular complexity index is 2400. The highest BCUT2D eigenvalue weighted by atomic mass is 32.1. The second kappa shape index (κ2) is 12.9. The predicted octanol–water partition coefficient (Wildman–Crippen LogP) is 13.2. The molecule has 0 saturated heterocycles. The molecule has 1 saturated carbocycles. The van der Waals surface area contributed by atoms with Crippen molar-refractivity contribution in [3.63, 3.8) is 0 Å². The lowest BCUT2D eigenvalue weighted by Crippen LogP contribution is -2.04. The summed E-state index contributed by atoms with van der Waals surface area (Å²) in [6.45, 7) is 0. The van der Waals surface area contributed by atoms with Gasteiger partial charge in [0, 0.05) is 36.9 Å². The summed E-state index contributed by atoms with van der Waals surface area (Å²) in [6, 6.07) is 54.7. The van der Waals surface area contributed by atoms with Gasteiger partial charge in [0.2, 0.25) is 0 Å². The van der Waals surface area contributed by atoms with Crippen LogP contribution in [0.15, 0.2) is 152 Å². The first-order valence-corrected chi connectivity index (χ1v) is 18.3. The third-order valence-electron chi connectivity index (χ3n) is 10.1. The summed E-state index contributed by atoms with van der Waals surface area (Å²) in [6.07, 6.45) is 6.64. The summed E-state index contributed by atoms with van der Waals surface area (Å²) < 4.78 is 2.59. The van der Waals surface area contributed by atoms with Crippen LogP contribution in [0.2, 0.25) is 0 Å². The maximum absolute atomic E-state index is 5.25. The molecule has 8 aromatic rings. The maximum Gasteiger partial charge on any atom is 0.160 e. The zero-order chi connectivity index (χ0) is 32.6. The average molecular weight is 649 g/mol. The Morgan fingerprint density at radius 2 is 1.10 bits per heavy atom. The fourth-order valence-corrected chi connectivity index (χ4v) is 8.73. The van der Waals surface area contributed by atoms with Crippen LogP contribution >= 0.6 is 11.3 Å². The van der Waals surface area contributed by atoms with Gasteiger partial charge >= 0.3 is 0 Å². The topological polar surface area (TPSA) is 25.8 Å². The first-order chi connectivity index (χ1) is 24.3. The van der Waals surface area contributed by atoms with Crippen LogP contribution in [0.3, 0.4) is 0 Å². The number of benzene rings is 6. The Balaban J connectivity index is 1.20. The zero-order valence-electron chi connectivity index (χ0n) is 27.3. The molecule has 49 heavy (non-hydrogen) atoms. The minimum Gasteiger partial charge on any atom is -0.228 e. The van der Waals surface area contributed by atoms with E-state index in [2.05, 4.69) is 146 Å². The van der Waals surface area contributed by atoms with Crippen LogP contribution in [0.25, 0.3) is 76.3 Å². The molecule has 0 unspecified atom stereocenters. The molecule has 1 aliphatic rings. The van der Waals surface area contributed by atoms with Crippen LogP contribution in [0, 0.1) is 0 Å². The monoisotopic (exact) mass is 648 g/mol. The van der Waals surface area contributed by atoms with Crippen LogP contribution < -0.4 is 0 Å². The van der Waals surface area contributed by atoms with Crippen LogP contribution in [-0.4, -0.2) is 9.97 Å². The van der Waals surface area contributed by atoms with Crippen molar-refractivity contribution in [3.8, 4) is 56.2 Å². The number of hydrogen-bond acceptors (Lipinski definition) is 3. The minimum atomic E-state index is 0.676. The van der Waals surface area contributed by atoms with E-state index in [1.165, 1.54) is 80.1 Å². The molecule has 236 valence electrons. The maximum atomic E-state index is 5.25. The summed E-state index contributed by atoms with van der Waals surface area (Å²) in [4.78, 5) is 10.4. The highest BCUT2D eigenvalue weighted by Gasteiger charge is 2.19. The van der Waals surface area contributed by atoms with Crippen molar-refractivity contribution in [2.24, 2.45) is 0 Å². The fourth-order valence-electron chi connectivity index (χ4n) is 7.61. The van der Waals surface area contributed by atoms with Gasteiger partial charge in [0.25, 0.3) is 0 Å². The zero-order valence-corrected chi connectivity index (χ0v) is 28.2. The third kappa shape index (κ3) is 5.75. The molecule has 2 nitrogen and oxygen atoms in total. The number of rotatable bonds is 6. The van der Waals surface area contributed by atoms with E-state index >= 15 is 0 Å². The predicted molar refractivity (Wildman–Crippen MR) is 208 cm³/mol. The molecule has 3 heteroatoms. The van der Waals surface area contributed by atoms with Crippen molar-refractivity contribution in [2.45, 2.75) is 38.0 Å². The van der Waals surface area contributed by atoms with Crippen LogP contribution in [0.4, 0.5) is 0 Å². The summed E-state index contributed by atoms with van der Waals surface area (Å²) >= 11 is 1.86. The smallest absolute Gasteiger partial charge is 0.160 e. The molecule has 0 N–H and O–H groups in total. The van der Waals surface area contributed by atoms with Gasteiger partial charge in [-0.1, -0.05) is 147 Å². The van der Waals surface area contributed by atoms with E-state index in [4.69, 9.17) is 9.97 Å². The fraction of sp³-hybridized carbons (Fsp3) is 0.130. The van der Waals surface area contributed by atoms with Crippen LogP contribution in [0.1, 0.15) is 43.6 Å². The van der Waals surface area contributed by atoms with Gasteiger partial charge in [-0.25, -0.2) is 9.97 Å². The van der Waals surface area contributed by atoms with E-state index < -0.39 is 0 Å². The molecule has 6 aromatic carbocycles. The quantitative estimate of drug-likeness (QED) is 0.179. The molecule has 0 amide bonds. The molecule has 1 fully saturated rings. The molecular weight excluding hydrogens is 613 g/mol. The number of fused-ring (bicyclic) bond motifs is 3. The van der Waals surface area contributed by atoms with Gasteiger partial charge in [-0.3, -0.25) is 0 Å². The van der Waals surface area contributed by atoms with E-state index in [0.717, 1.165) is 33.9 Å². The van der Waals surface area contributed by atoms with Gasteiger partial charge in [-0.05, 0) is 70.8 Å². The standard InChI is InChI=1S/C46H36N2S/c1-4-13-31(14-5-1)33-23-25-34(26-24-33)41-30-42(48-46(47-41)35-17-8-3-9-18-35)38-20-11-10-19-37(38)39-21-12-22-44-45(39)40-29-36(27-28-43(40)49-44)32-15-6-2-7-16-32/h2-3,6-12,15-31H,1,4-5,13-14H2. The molecule has 1 aliphatic carbocycles. The van der Waals surface area contributed by atoms with Crippen molar-refractivity contribution in [1.82, 2.24) is 9.97 Å². The number of thiophene rings is 1. The van der Waals surface area contributed by atoms with E-state index in [-0.39, 0.29) is 0 Å². The first-order valence-electron chi connectivity index (χ1n) is 17.4. The Hall–Kier alpha value is -5.38. The number of hydrogen-bond donors (Lipinski definition) is 0. The normalized spacial score (nSPS) is 13.6. The van der Waals surface area contributed by atoms with E-state index in [1.54, 1.807) is 0 Å². The summed E-state index contributed by atoms with van der Waals surface area (Å²) in [5.41, 5.74) is 11.4. The lowest BCUT2D eigenvalue weighted by atomic mass is 9.84. The average Bonchev–Trinajstić information content (AvgIpc) is 3.57. The van der Waals surface area contributed by atoms with Crippen molar-refractivity contribution in [2.75, 3.05) is 0 Å². The number of aromatic nitrogens is 2. The van der Waals surface area contributed by atoms with E-state index in [0.29, 0.717) is 5.92 Å². The molecular formula is C46H36N2S. The Labute approximate surface area is 291 Å². The lowest BCUT2D eigenvalue weighted by Gasteiger charge is -2.22. The van der Waals surface area contributed by atoms with Crippen molar-refractivity contribution in [3.05, 3.63) is 157 Å². The van der Waals surface area contributed by atoms with Crippen LogP contribution in [-0.2, 0) is 0 Å². The van der Waals surface area contributed by atoms with Crippen molar-refractivity contribution >= 4 is 31.5 Å². The molecule has 0 aliphatic heterocycles. The Morgan fingerprint density at radius 3 is 1.88 bits per heavy atom. The molecule has 0 spiro atoms. The van der Waals surface area contributed by atoms with Crippen molar-refractivity contribution < 1.29 is 0 Å². The minimum absolute atomic E-state index is 0.676. The summed E-state index contributed by atoms with van der Waals surface area (Å²) in [5, 5.41) is 2.58. The molecule has 0 radical (unpaired) electrons. The lowest BCUT2D eigenvalue weighted by molar-refractivity contribution is 0.443. The van der Waals surface area contributed by atoms with Gasteiger partial charge in [0.1, 0.15) is 0 Å². The third-order valence-corrected chi connectivity index (χ3v) is 11.3. The second-order valence-corrected chi connectivity index (χ2v) is 14.3. The first kappa shape index (κ1) is 29.7. The van der Waals surface area contributed by atoms with Gasteiger partial charge in [-0.2, -0.15) is 0 Å². The Morgan fingerprint density at radius 1 is 0.449 bits per heavy atom. The van der Waals surface area contributed by atoms with Gasteiger partial charge in [-0.15, -0.1) is 11.3 Å². The van der Waals surface area contributed by atoms with Crippen LogP contribution in [0.5, 0.6) is 0 Å². The van der Waals surface area contributed by atoms with Gasteiger partial charge < -0.3 is 0 Å². The molecule has 9 rings (SSSR count). The van der Waals surface area contributed by atoms with Crippen molar-refractivity contribution in [1.29, 1.82) is 0 Å². The summed E-state index contributed by atoms with van der Waals surface area (Å²) in [5.74, 6) is 1.42. The van der Waals surface area contributed by atoms with Gasteiger partial charge in [0.15, 0.2) is 5.82 Å². The van der Waals surface area contributed by atoms with Gasteiger partial charge in [0.05, 0.1) is 11.4 Å². The summed E-state index contributed by atoms with van der Waals surface area (Å²) in [7, 11) is 0. The highest BCUT2D eigenvalue weighted by molar-refractivity contribution is 7.26. The molecule has 0 atom stereocenters. The molecule has 2 aromatic heterocycles. The second-order valence-electron chi connectivity index (χ2n) is 13.2. The number of nitrogens with zero attached hydrogens (tertiary/aromatic N) is 2. The van der Waals surface area contributed by atoms with E-state index in [1.807, 2.05) is 17.4 Å². The Kier molecular flexibility index (Phi) is 7.83. The highest BCUT2D eigenvalue weighted by Crippen LogP contribution is 2.44. The SMILES string of the molecule is c1ccc(-c2ccc3sc4cccc(-c5ccccc5-c5cc(-c6ccc(C7CCCCC7)cc6)nc(-c6ccccc6)n5)c4c3c2)cc1.